The minimum absolute atomic E-state index is 0.0969. The first-order valence-corrected chi connectivity index (χ1v) is 6.55. The van der Waals surface area contributed by atoms with E-state index in [1.165, 1.54) is 22.5 Å². The van der Waals surface area contributed by atoms with Crippen LogP contribution in [0.25, 0.3) is 11.0 Å². The Kier molecular flexibility index (Phi) is 2.76. The molecule has 0 radical (unpaired) electrons. The van der Waals surface area contributed by atoms with E-state index in [4.69, 9.17) is 4.42 Å². The second-order valence-corrected chi connectivity index (χ2v) is 5.02. The van der Waals surface area contributed by atoms with E-state index in [1.54, 1.807) is 6.20 Å². The molecule has 0 bridgehead atoms. The number of fused-ring (bicyclic) bond motifs is 1. The van der Waals surface area contributed by atoms with Gasteiger partial charge in [0, 0.05) is 22.5 Å². The Morgan fingerprint density at radius 1 is 1.33 bits per heavy atom. The number of para-hydroxylation sites is 1. The molecule has 0 aliphatic rings. The smallest absolute Gasteiger partial charge is 0.134 e. The molecular weight excluding hydrogens is 246 g/mol. The number of hydrogen-bond donors (Lipinski definition) is 1. The van der Waals surface area contributed by atoms with Gasteiger partial charge < -0.3 is 9.73 Å². The SMILES string of the molecule is Cc1c(C(C)Nc2cnns2)oc2ccccc12. The summed E-state index contributed by atoms with van der Waals surface area (Å²) in [7, 11) is 0. The van der Waals surface area contributed by atoms with Crippen molar-refractivity contribution in [3.05, 3.63) is 41.8 Å². The third-order valence-corrected chi connectivity index (χ3v) is 3.59. The first-order chi connectivity index (χ1) is 8.75. The van der Waals surface area contributed by atoms with Gasteiger partial charge in [-0.2, -0.15) is 0 Å². The first kappa shape index (κ1) is 11.2. The fourth-order valence-corrected chi connectivity index (χ4v) is 2.62. The van der Waals surface area contributed by atoms with Gasteiger partial charge in [-0.25, -0.2) is 0 Å². The summed E-state index contributed by atoms with van der Waals surface area (Å²) in [6, 6.07) is 8.19. The molecule has 2 aromatic heterocycles. The van der Waals surface area contributed by atoms with Crippen LogP contribution in [0, 0.1) is 6.92 Å². The van der Waals surface area contributed by atoms with Crippen LogP contribution in [-0.2, 0) is 0 Å². The molecular formula is C13H13N3OS. The van der Waals surface area contributed by atoms with Crippen molar-refractivity contribution in [3.63, 3.8) is 0 Å². The largest absolute Gasteiger partial charge is 0.459 e. The van der Waals surface area contributed by atoms with E-state index >= 15 is 0 Å². The third kappa shape index (κ3) is 1.86. The molecule has 0 aliphatic heterocycles. The molecule has 92 valence electrons. The van der Waals surface area contributed by atoms with Crippen LogP contribution < -0.4 is 5.32 Å². The minimum Gasteiger partial charge on any atom is -0.459 e. The highest BCUT2D eigenvalue weighted by Gasteiger charge is 2.16. The van der Waals surface area contributed by atoms with Crippen molar-refractivity contribution in [2.45, 2.75) is 19.9 Å². The lowest BCUT2D eigenvalue weighted by molar-refractivity contribution is 0.522. The van der Waals surface area contributed by atoms with Gasteiger partial charge in [-0.1, -0.05) is 22.7 Å². The maximum atomic E-state index is 5.91. The lowest BCUT2D eigenvalue weighted by Crippen LogP contribution is -2.05. The average molecular weight is 259 g/mol. The van der Waals surface area contributed by atoms with Crippen LogP contribution in [0.5, 0.6) is 0 Å². The Balaban J connectivity index is 1.96. The number of nitrogens with zero attached hydrogens (tertiary/aromatic N) is 2. The Morgan fingerprint density at radius 2 is 2.17 bits per heavy atom. The highest BCUT2D eigenvalue weighted by atomic mass is 32.1. The number of hydrogen-bond acceptors (Lipinski definition) is 5. The maximum Gasteiger partial charge on any atom is 0.134 e. The summed E-state index contributed by atoms with van der Waals surface area (Å²) in [4.78, 5) is 0. The van der Waals surface area contributed by atoms with Crippen LogP contribution in [-0.4, -0.2) is 9.59 Å². The fourth-order valence-electron chi connectivity index (χ4n) is 2.12. The summed E-state index contributed by atoms with van der Waals surface area (Å²) in [5.74, 6) is 0.963. The molecule has 4 nitrogen and oxygen atoms in total. The van der Waals surface area contributed by atoms with Crippen LogP contribution in [0.1, 0.15) is 24.3 Å². The molecule has 0 amide bonds. The van der Waals surface area contributed by atoms with Crippen LogP contribution in [0.15, 0.2) is 34.9 Å². The lowest BCUT2D eigenvalue weighted by atomic mass is 10.1. The highest BCUT2D eigenvalue weighted by molar-refractivity contribution is 7.09. The molecule has 5 heteroatoms. The summed E-state index contributed by atoms with van der Waals surface area (Å²) >= 11 is 1.34. The summed E-state index contributed by atoms with van der Waals surface area (Å²) in [6.07, 6.45) is 1.72. The van der Waals surface area contributed by atoms with Gasteiger partial charge in [0.25, 0.3) is 0 Å². The number of aryl methyl sites for hydroxylation is 1. The van der Waals surface area contributed by atoms with E-state index in [0.29, 0.717) is 0 Å². The molecule has 0 saturated carbocycles. The third-order valence-electron chi connectivity index (χ3n) is 2.99. The number of anilines is 1. The minimum atomic E-state index is 0.0969. The first-order valence-electron chi connectivity index (χ1n) is 5.77. The maximum absolute atomic E-state index is 5.91. The lowest BCUT2D eigenvalue weighted by Gasteiger charge is -2.10. The van der Waals surface area contributed by atoms with Crippen molar-refractivity contribution in [2.75, 3.05) is 5.32 Å². The van der Waals surface area contributed by atoms with Gasteiger partial charge in [0.15, 0.2) is 0 Å². The van der Waals surface area contributed by atoms with Crippen molar-refractivity contribution in [2.24, 2.45) is 0 Å². The number of nitrogens with one attached hydrogen (secondary N) is 1. The van der Waals surface area contributed by atoms with E-state index in [-0.39, 0.29) is 6.04 Å². The topological polar surface area (TPSA) is 51.0 Å². The average Bonchev–Trinajstić information content (AvgIpc) is 2.98. The molecule has 3 aromatic rings. The second-order valence-electron chi connectivity index (χ2n) is 4.24. The summed E-state index contributed by atoms with van der Waals surface area (Å²) in [5, 5.41) is 9.27. The van der Waals surface area contributed by atoms with Crippen molar-refractivity contribution in [1.82, 2.24) is 9.59 Å². The van der Waals surface area contributed by atoms with E-state index < -0.39 is 0 Å². The highest BCUT2D eigenvalue weighted by Crippen LogP contribution is 2.31. The molecule has 1 atom stereocenters. The van der Waals surface area contributed by atoms with Crippen molar-refractivity contribution in [3.8, 4) is 0 Å². The zero-order chi connectivity index (χ0) is 12.5. The van der Waals surface area contributed by atoms with Crippen molar-refractivity contribution >= 4 is 27.5 Å². The standard InChI is InChI=1S/C13H13N3OS/c1-8-10-5-3-4-6-11(10)17-13(8)9(2)15-12-7-14-16-18-12/h3-7,9,15H,1-2H3. The van der Waals surface area contributed by atoms with Crippen LogP contribution >= 0.6 is 11.5 Å². The normalized spacial score (nSPS) is 12.8. The Labute approximate surface area is 109 Å². The van der Waals surface area contributed by atoms with Gasteiger partial charge in [0.2, 0.25) is 0 Å². The van der Waals surface area contributed by atoms with Gasteiger partial charge >= 0.3 is 0 Å². The molecule has 0 aliphatic carbocycles. The Morgan fingerprint density at radius 3 is 2.89 bits per heavy atom. The van der Waals surface area contributed by atoms with Gasteiger partial charge in [-0.05, 0) is 19.9 Å². The molecule has 18 heavy (non-hydrogen) atoms. The Bertz CT molecular complexity index is 660. The number of rotatable bonds is 3. The van der Waals surface area contributed by atoms with Gasteiger partial charge in [-0.15, -0.1) is 5.10 Å². The number of aromatic nitrogens is 2. The molecule has 3 rings (SSSR count). The summed E-state index contributed by atoms with van der Waals surface area (Å²) in [5.41, 5.74) is 2.11. The Hall–Kier alpha value is -1.88. The molecule has 0 saturated heterocycles. The molecule has 1 N–H and O–H groups in total. The molecule has 1 unspecified atom stereocenters. The van der Waals surface area contributed by atoms with E-state index in [0.717, 1.165) is 16.3 Å². The van der Waals surface area contributed by atoms with Gasteiger partial charge in [0.05, 0.1) is 12.2 Å². The number of benzene rings is 1. The van der Waals surface area contributed by atoms with Crippen molar-refractivity contribution in [1.29, 1.82) is 0 Å². The van der Waals surface area contributed by atoms with Gasteiger partial charge in [0.1, 0.15) is 16.3 Å². The zero-order valence-corrected chi connectivity index (χ0v) is 11.0. The monoisotopic (exact) mass is 259 g/mol. The molecule has 0 fully saturated rings. The zero-order valence-electron chi connectivity index (χ0n) is 10.2. The van der Waals surface area contributed by atoms with Crippen LogP contribution in [0.3, 0.4) is 0 Å². The molecule has 1 aromatic carbocycles. The van der Waals surface area contributed by atoms with E-state index in [2.05, 4.69) is 34.8 Å². The van der Waals surface area contributed by atoms with Crippen LogP contribution in [0.4, 0.5) is 5.00 Å². The predicted octanol–water partition coefficient (Wildman–Crippen LogP) is 3.77. The fraction of sp³-hybridized carbons (Fsp3) is 0.231. The number of furan rings is 1. The molecule has 2 heterocycles. The van der Waals surface area contributed by atoms with Crippen molar-refractivity contribution < 1.29 is 4.42 Å². The summed E-state index contributed by atoms with van der Waals surface area (Å²) < 4.78 is 9.74. The van der Waals surface area contributed by atoms with Gasteiger partial charge in [-0.3, -0.25) is 0 Å². The summed E-state index contributed by atoms with van der Waals surface area (Å²) in [6.45, 7) is 4.16. The quantitative estimate of drug-likeness (QED) is 0.778. The van der Waals surface area contributed by atoms with E-state index in [9.17, 15) is 0 Å². The molecule has 0 spiro atoms. The van der Waals surface area contributed by atoms with Crippen LogP contribution in [0.2, 0.25) is 0 Å². The second kappa shape index (κ2) is 4.42. The van der Waals surface area contributed by atoms with E-state index in [1.807, 2.05) is 18.2 Å². The predicted molar refractivity (Wildman–Crippen MR) is 72.9 cm³/mol.